The third kappa shape index (κ3) is 1.63. The molecule has 2 aliphatic heterocycles. The van der Waals surface area contributed by atoms with Gasteiger partial charge in [0.15, 0.2) is 12.1 Å². The van der Waals surface area contributed by atoms with Gasteiger partial charge in [-0.15, -0.1) is 0 Å². The second-order valence-corrected chi connectivity index (χ2v) is 9.26. The van der Waals surface area contributed by atoms with Gasteiger partial charge < -0.3 is 14.6 Å². The van der Waals surface area contributed by atoms with Crippen molar-refractivity contribution in [2.75, 3.05) is 13.2 Å². The Hall–Kier alpha value is -1.20. The monoisotopic (exact) mass is 346 g/mol. The average molecular weight is 346 g/mol. The van der Waals surface area contributed by atoms with E-state index in [-0.39, 0.29) is 40.3 Å². The van der Waals surface area contributed by atoms with E-state index in [1.807, 2.05) is 0 Å². The Morgan fingerprint density at radius 1 is 1.20 bits per heavy atom. The van der Waals surface area contributed by atoms with Gasteiger partial charge in [0.2, 0.25) is 0 Å². The Kier molecular flexibility index (Phi) is 3.04. The topological polar surface area (TPSA) is 72.8 Å². The molecule has 5 nitrogen and oxygen atoms in total. The van der Waals surface area contributed by atoms with E-state index in [1.54, 1.807) is 0 Å². The van der Waals surface area contributed by atoms with E-state index < -0.39 is 11.7 Å². The summed E-state index contributed by atoms with van der Waals surface area (Å²) in [6.07, 6.45) is 4.42. The lowest BCUT2D eigenvalue weighted by atomic mass is 9.45. The molecule has 0 unspecified atom stereocenters. The van der Waals surface area contributed by atoms with E-state index >= 15 is 0 Å². The van der Waals surface area contributed by atoms with Gasteiger partial charge in [0, 0.05) is 16.7 Å². The van der Waals surface area contributed by atoms with Crippen molar-refractivity contribution in [2.45, 2.75) is 51.7 Å². The fraction of sp³-hybridized carbons (Fsp3) is 0.800. The van der Waals surface area contributed by atoms with Crippen molar-refractivity contribution in [1.29, 1.82) is 0 Å². The number of cyclic esters (lactones) is 1. The van der Waals surface area contributed by atoms with E-state index in [4.69, 9.17) is 9.47 Å². The molecule has 0 amide bonds. The van der Waals surface area contributed by atoms with Gasteiger partial charge in [-0.2, -0.15) is 0 Å². The number of hydrogen-bond acceptors (Lipinski definition) is 5. The summed E-state index contributed by atoms with van der Waals surface area (Å²) in [6, 6.07) is 0. The van der Waals surface area contributed by atoms with Gasteiger partial charge in [0.05, 0.1) is 13.2 Å². The minimum absolute atomic E-state index is 0.0113. The van der Waals surface area contributed by atoms with Crippen LogP contribution in [0.3, 0.4) is 0 Å². The van der Waals surface area contributed by atoms with Crippen LogP contribution in [0.4, 0.5) is 0 Å². The number of allylic oxidation sites excluding steroid dienone is 1. The molecule has 0 radical (unpaired) electrons. The number of carbonyl (C=O) groups excluding carboxylic acids is 2. The highest BCUT2D eigenvalue weighted by atomic mass is 16.6. The molecule has 0 aromatic heterocycles. The maximum atomic E-state index is 13.1. The highest BCUT2D eigenvalue weighted by molar-refractivity contribution is 6.15. The molecule has 5 aliphatic rings. The number of carbonyl (C=O) groups is 2. The normalized spacial score (nSPS) is 54.4. The molecule has 7 atom stereocenters. The summed E-state index contributed by atoms with van der Waals surface area (Å²) < 4.78 is 11.4. The van der Waals surface area contributed by atoms with E-state index in [9.17, 15) is 14.7 Å². The van der Waals surface area contributed by atoms with Crippen molar-refractivity contribution in [3.05, 3.63) is 12.2 Å². The number of fused-ring (bicyclic) bond motifs is 4. The average Bonchev–Trinajstić information content (AvgIpc) is 3.01. The van der Waals surface area contributed by atoms with Crippen LogP contribution in [0.1, 0.15) is 45.4 Å². The summed E-state index contributed by atoms with van der Waals surface area (Å²) in [6.45, 7) is 6.95. The summed E-state index contributed by atoms with van der Waals surface area (Å²) in [5.74, 6) is -0.161. The summed E-state index contributed by atoms with van der Waals surface area (Å²) >= 11 is 0. The van der Waals surface area contributed by atoms with Crippen molar-refractivity contribution in [2.24, 2.45) is 34.0 Å². The molecule has 0 aromatic rings. The number of aliphatic hydroxyl groups excluding tert-OH is 1. The smallest absolute Gasteiger partial charge is 0.320 e. The maximum absolute atomic E-state index is 13.1. The second kappa shape index (κ2) is 4.74. The lowest BCUT2D eigenvalue weighted by Gasteiger charge is -2.59. The van der Waals surface area contributed by atoms with Crippen LogP contribution in [0.15, 0.2) is 12.2 Å². The van der Waals surface area contributed by atoms with E-state index in [0.29, 0.717) is 25.2 Å². The lowest BCUT2D eigenvalue weighted by molar-refractivity contribution is -0.213. The first-order valence-corrected chi connectivity index (χ1v) is 9.57. The second-order valence-electron chi connectivity index (χ2n) is 9.26. The number of hydrogen-bond donors (Lipinski definition) is 1. The van der Waals surface area contributed by atoms with E-state index in [1.165, 1.54) is 0 Å². The minimum Gasteiger partial charge on any atom is -0.464 e. The molecular formula is C20H26O5. The molecule has 2 heterocycles. The van der Waals surface area contributed by atoms with Gasteiger partial charge in [-0.1, -0.05) is 19.9 Å². The Bertz CT molecular complexity index is 686. The van der Waals surface area contributed by atoms with E-state index in [2.05, 4.69) is 13.5 Å². The first-order chi connectivity index (χ1) is 11.9. The number of esters is 1. The van der Waals surface area contributed by atoms with Crippen molar-refractivity contribution in [3.8, 4) is 0 Å². The lowest BCUT2D eigenvalue weighted by Crippen LogP contribution is -2.63. The van der Waals surface area contributed by atoms with Crippen molar-refractivity contribution < 1.29 is 24.2 Å². The summed E-state index contributed by atoms with van der Waals surface area (Å²) in [5, 5.41) is 10.5. The van der Waals surface area contributed by atoms with Gasteiger partial charge >= 0.3 is 5.97 Å². The molecule has 3 aliphatic carbocycles. The predicted octanol–water partition coefficient (Wildman–Crippen LogP) is 2.23. The molecular weight excluding hydrogens is 320 g/mol. The van der Waals surface area contributed by atoms with Crippen LogP contribution >= 0.6 is 0 Å². The van der Waals surface area contributed by atoms with Crippen LogP contribution in [0, 0.1) is 34.0 Å². The van der Waals surface area contributed by atoms with Gasteiger partial charge in [-0.3, -0.25) is 9.59 Å². The Morgan fingerprint density at radius 2 is 2.00 bits per heavy atom. The number of ether oxygens (including phenoxy) is 2. The molecule has 5 heteroatoms. The van der Waals surface area contributed by atoms with Gasteiger partial charge in [-0.05, 0) is 49.5 Å². The molecule has 5 rings (SSSR count). The minimum atomic E-state index is -1.02. The number of aliphatic hydroxyl groups is 1. The van der Waals surface area contributed by atoms with Crippen LogP contribution in [0.5, 0.6) is 0 Å². The van der Waals surface area contributed by atoms with Crippen molar-refractivity contribution >= 4 is 11.8 Å². The first-order valence-electron chi connectivity index (χ1n) is 9.57. The standard InChI is InChI=1S/C20H26O5/c1-11-12-4-5-13-19(10-25-17(23)20(13,8-12)15(11)21)7-3-6-18(2)14(19)9-24-16(18)22/h12-14,16,22H,1,3-10H2,2H3/t12-,13-,14-,16-,18-,19-,20+/m1/s1. The van der Waals surface area contributed by atoms with Gasteiger partial charge in [-0.25, -0.2) is 0 Å². The molecule has 1 N–H and O–H groups in total. The molecule has 136 valence electrons. The molecule has 5 fully saturated rings. The van der Waals surface area contributed by atoms with Crippen LogP contribution in [0.25, 0.3) is 0 Å². The fourth-order valence-corrected chi connectivity index (χ4v) is 7.22. The molecule has 2 saturated heterocycles. The molecule has 2 spiro atoms. The largest absolute Gasteiger partial charge is 0.464 e. The fourth-order valence-electron chi connectivity index (χ4n) is 7.22. The highest BCUT2D eigenvalue weighted by Gasteiger charge is 2.73. The maximum Gasteiger partial charge on any atom is 0.320 e. The third-order valence-electron chi connectivity index (χ3n) is 8.52. The van der Waals surface area contributed by atoms with Crippen molar-refractivity contribution in [3.63, 3.8) is 0 Å². The number of ketones is 1. The Labute approximate surface area is 147 Å². The summed E-state index contributed by atoms with van der Waals surface area (Å²) in [7, 11) is 0. The zero-order valence-electron chi connectivity index (χ0n) is 14.8. The molecule has 2 bridgehead atoms. The van der Waals surface area contributed by atoms with Crippen LogP contribution in [-0.2, 0) is 19.1 Å². The third-order valence-corrected chi connectivity index (χ3v) is 8.52. The zero-order valence-corrected chi connectivity index (χ0v) is 14.8. The van der Waals surface area contributed by atoms with Crippen LogP contribution < -0.4 is 0 Å². The van der Waals surface area contributed by atoms with E-state index in [0.717, 1.165) is 32.1 Å². The van der Waals surface area contributed by atoms with Crippen LogP contribution in [-0.4, -0.2) is 36.4 Å². The summed E-state index contributed by atoms with van der Waals surface area (Å²) in [5.41, 5.74) is -0.982. The molecule has 25 heavy (non-hydrogen) atoms. The SMILES string of the molecule is C=C1C(=O)[C@]23C[C@H]1CC[C@@H]2[C@@]1(CCC[C@@]2(C)[C@H](O)OC[C@H]21)COC3=O. The zero-order chi connectivity index (χ0) is 17.6. The highest BCUT2D eigenvalue weighted by Crippen LogP contribution is 2.69. The quantitative estimate of drug-likeness (QED) is 0.414. The summed E-state index contributed by atoms with van der Waals surface area (Å²) in [4.78, 5) is 26.0. The molecule has 0 aromatic carbocycles. The Balaban J connectivity index is 1.65. The van der Waals surface area contributed by atoms with Gasteiger partial charge in [0.1, 0.15) is 5.41 Å². The first kappa shape index (κ1) is 16.0. The Morgan fingerprint density at radius 3 is 2.80 bits per heavy atom. The molecule has 3 saturated carbocycles. The van der Waals surface area contributed by atoms with Crippen LogP contribution in [0.2, 0.25) is 0 Å². The van der Waals surface area contributed by atoms with Gasteiger partial charge in [0.25, 0.3) is 0 Å². The predicted molar refractivity (Wildman–Crippen MR) is 88.2 cm³/mol. The number of rotatable bonds is 0. The van der Waals surface area contributed by atoms with Crippen molar-refractivity contribution in [1.82, 2.24) is 0 Å². The number of Topliss-reactive ketones (excluding diaryl/α,β-unsaturated/α-hetero) is 1.